The molecule has 156 valence electrons. The SMILES string of the molecule is COc1ccc(S(=O)(=O)Nc2ccc3ccccc3c2)cc1C(=O)N1CCOCC1. The van der Waals surface area contributed by atoms with E-state index in [0.717, 1.165) is 10.8 Å². The van der Waals surface area contributed by atoms with Crippen LogP contribution in [0.25, 0.3) is 10.8 Å². The Hall–Kier alpha value is -3.10. The second-order valence-corrected chi connectivity index (χ2v) is 8.62. The summed E-state index contributed by atoms with van der Waals surface area (Å²) in [4.78, 5) is 14.6. The topological polar surface area (TPSA) is 84.9 Å². The minimum Gasteiger partial charge on any atom is -0.496 e. The van der Waals surface area contributed by atoms with Crippen molar-refractivity contribution in [3.05, 3.63) is 66.2 Å². The number of amides is 1. The molecule has 30 heavy (non-hydrogen) atoms. The Morgan fingerprint density at radius 3 is 2.47 bits per heavy atom. The zero-order valence-corrected chi connectivity index (χ0v) is 17.3. The van der Waals surface area contributed by atoms with Crippen molar-refractivity contribution in [3.63, 3.8) is 0 Å². The molecule has 4 rings (SSSR count). The van der Waals surface area contributed by atoms with Crippen molar-refractivity contribution in [3.8, 4) is 5.75 Å². The summed E-state index contributed by atoms with van der Waals surface area (Å²) >= 11 is 0. The normalized spacial score (nSPS) is 14.5. The molecule has 0 unspecified atom stereocenters. The van der Waals surface area contributed by atoms with Crippen LogP contribution in [0, 0.1) is 0 Å². The highest BCUT2D eigenvalue weighted by atomic mass is 32.2. The molecule has 1 N–H and O–H groups in total. The second kappa shape index (κ2) is 8.33. The van der Waals surface area contributed by atoms with E-state index in [0.29, 0.717) is 37.7 Å². The van der Waals surface area contributed by atoms with Gasteiger partial charge in [-0.15, -0.1) is 0 Å². The number of carbonyl (C=O) groups is 1. The van der Waals surface area contributed by atoms with Gasteiger partial charge in [0.05, 0.1) is 30.8 Å². The van der Waals surface area contributed by atoms with Gasteiger partial charge < -0.3 is 14.4 Å². The molecular formula is C22H22N2O5S. The first kappa shape index (κ1) is 20.2. The van der Waals surface area contributed by atoms with Gasteiger partial charge in [-0.1, -0.05) is 30.3 Å². The average Bonchev–Trinajstić information content (AvgIpc) is 2.78. The first-order valence-corrected chi connectivity index (χ1v) is 11.0. The summed E-state index contributed by atoms with van der Waals surface area (Å²) in [6.07, 6.45) is 0. The van der Waals surface area contributed by atoms with Crippen molar-refractivity contribution < 1.29 is 22.7 Å². The van der Waals surface area contributed by atoms with Crippen molar-refractivity contribution in [2.75, 3.05) is 38.1 Å². The molecule has 0 radical (unpaired) electrons. The Balaban J connectivity index is 1.65. The number of morpholine rings is 1. The van der Waals surface area contributed by atoms with E-state index in [1.54, 1.807) is 17.0 Å². The maximum absolute atomic E-state index is 13.0. The lowest BCUT2D eigenvalue weighted by Gasteiger charge is -2.27. The van der Waals surface area contributed by atoms with Gasteiger partial charge in [0.25, 0.3) is 15.9 Å². The predicted octanol–water partition coefficient (Wildman–Crippen LogP) is 3.12. The number of benzene rings is 3. The van der Waals surface area contributed by atoms with Crippen LogP contribution in [0.1, 0.15) is 10.4 Å². The minimum absolute atomic E-state index is 0.00642. The van der Waals surface area contributed by atoms with E-state index in [4.69, 9.17) is 9.47 Å². The molecule has 0 spiro atoms. The largest absolute Gasteiger partial charge is 0.496 e. The number of carbonyl (C=O) groups excluding carboxylic acids is 1. The number of ether oxygens (including phenoxy) is 2. The van der Waals surface area contributed by atoms with Gasteiger partial charge in [-0.25, -0.2) is 8.42 Å². The maximum atomic E-state index is 13.0. The fraction of sp³-hybridized carbons (Fsp3) is 0.227. The Morgan fingerprint density at radius 2 is 1.73 bits per heavy atom. The number of rotatable bonds is 5. The monoisotopic (exact) mass is 426 g/mol. The highest BCUT2D eigenvalue weighted by molar-refractivity contribution is 7.92. The smallest absolute Gasteiger partial charge is 0.261 e. The zero-order valence-electron chi connectivity index (χ0n) is 16.5. The molecule has 0 aromatic heterocycles. The number of anilines is 1. The summed E-state index contributed by atoms with van der Waals surface area (Å²) in [5.74, 6) is 0.0500. The third-order valence-corrected chi connectivity index (χ3v) is 6.39. The highest BCUT2D eigenvalue weighted by Crippen LogP contribution is 2.27. The number of nitrogens with one attached hydrogen (secondary N) is 1. The summed E-state index contributed by atoms with van der Waals surface area (Å²) < 4.78 is 39.2. The van der Waals surface area contributed by atoms with Crippen LogP contribution in [0.5, 0.6) is 5.75 Å². The number of hydrogen-bond acceptors (Lipinski definition) is 5. The van der Waals surface area contributed by atoms with E-state index in [-0.39, 0.29) is 16.4 Å². The first-order valence-electron chi connectivity index (χ1n) is 9.54. The van der Waals surface area contributed by atoms with Crippen LogP contribution in [0.15, 0.2) is 65.6 Å². The van der Waals surface area contributed by atoms with Crippen molar-refractivity contribution in [2.45, 2.75) is 4.90 Å². The van der Waals surface area contributed by atoms with Crippen LogP contribution < -0.4 is 9.46 Å². The van der Waals surface area contributed by atoms with Crippen molar-refractivity contribution in [2.24, 2.45) is 0 Å². The van der Waals surface area contributed by atoms with Gasteiger partial charge in [0.2, 0.25) is 0 Å². The summed E-state index contributed by atoms with van der Waals surface area (Å²) in [7, 11) is -2.44. The zero-order chi connectivity index (χ0) is 21.1. The molecule has 1 saturated heterocycles. The van der Waals surface area contributed by atoms with E-state index in [1.807, 2.05) is 30.3 Å². The first-order chi connectivity index (χ1) is 14.5. The summed E-state index contributed by atoms with van der Waals surface area (Å²) in [6.45, 7) is 1.81. The van der Waals surface area contributed by atoms with Crippen LogP contribution in [-0.2, 0) is 14.8 Å². The van der Waals surface area contributed by atoms with E-state index in [9.17, 15) is 13.2 Å². The van der Waals surface area contributed by atoms with Gasteiger partial charge in [0.1, 0.15) is 5.75 Å². The lowest BCUT2D eigenvalue weighted by atomic mass is 10.1. The molecule has 1 fully saturated rings. The van der Waals surface area contributed by atoms with E-state index >= 15 is 0 Å². The molecule has 0 saturated carbocycles. The predicted molar refractivity (Wildman–Crippen MR) is 114 cm³/mol. The molecule has 0 atom stereocenters. The van der Waals surface area contributed by atoms with Crippen LogP contribution >= 0.6 is 0 Å². The number of sulfonamides is 1. The summed E-state index contributed by atoms with van der Waals surface area (Å²) in [6, 6.07) is 17.3. The lowest BCUT2D eigenvalue weighted by molar-refractivity contribution is 0.0300. The van der Waals surface area contributed by atoms with Gasteiger partial charge in [-0.2, -0.15) is 0 Å². The van der Waals surface area contributed by atoms with E-state index < -0.39 is 10.0 Å². The Kier molecular flexibility index (Phi) is 5.61. The highest BCUT2D eigenvalue weighted by Gasteiger charge is 2.24. The Bertz CT molecular complexity index is 1190. The van der Waals surface area contributed by atoms with Gasteiger partial charge in [0.15, 0.2) is 0 Å². The van der Waals surface area contributed by atoms with Crippen LogP contribution in [0.2, 0.25) is 0 Å². The molecule has 1 amide bonds. The molecule has 1 heterocycles. The number of nitrogens with zero attached hydrogens (tertiary/aromatic N) is 1. The van der Waals surface area contributed by atoms with Gasteiger partial charge in [-0.05, 0) is 41.1 Å². The van der Waals surface area contributed by atoms with E-state index in [1.165, 1.54) is 25.3 Å². The standard InChI is InChI=1S/C22H22N2O5S/c1-28-21-9-8-19(15-20(21)22(25)24-10-12-29-13-11-24)30(26,27)23-18-7-6-16-4-2-3-5-17(16)14-18/h2-9,14-15,23H,10-13H2,1H3. The molecular weight excluding hydrogens is 404 g/mol. The molecule has 1 aliphatic heterocycles. The van der Waals surface area contributed by atoms with Crippen molar-refractivity contribution >= 4 is 32.4 Å². The lowest BCUT2D eigenvalue weighted by Crippen LogP contribution is -2.40. The van der Waals surface area contributed by atoms with Gasteiger partial charge in [0, 0.05) is 18.8 Å². The van der Waals surface area contributed by atoms with E-state index in [2.05, 4.69) is 4.72 Å². The maximum Gasteiger partial charge on any atom is 0.261 e. The fourth-order valence-electron chi connectivity index (χ4n) is 3.43. The van der Waals surface area contributed by atoms with Gasteiger partial charge in [-0.3, -0.25) is 9.52 Å². The summed E-state index contributed by atoms with van der Waals surface area (Å²) in [5, 5.41) is 1.94. The molecule has 7 nitrogen and oxygen atoms in total. The minimum atomic E-state index is -3.89. The van der Waals surface area contributed by atoms with Crippen LogP contribution in [0.4, 0.5) is 5.69 Å². The van der Waals surface area contributed by atoms with Crippen molar-refractivity contribution in [1.82, 2.24) is 4.90 Å². The number of hydrogen-bond donors (Lipinski definition) is 1. The van der Waals surface area contributed by atoms with Gasteiger partial charge >= 0.3 is 0 Å². The molecule has 3 aromatic rings. The molecule has 1 aliphatic rings. The summed E-state index contributed by atoms with van der Waals surface area (Å²) in [5.41, 5.74) is 0.659. The molecule has 3 aromatic carbocycles. The van der Waals surface area contributed by atoms with Crippen LogP contribution in [-0.4, -0.2) is 52.6 Å². The second-order valence-electron chi connectivity index (χ2n) is 6.93. The Morgan fingerprint density at radius 1 is 1.00 bits per heavy atom. The number of methoxy groups -OCH3 is 1. The molecule has 0 bridgehead atoms. The van der Waals surface area contributed by atoms with Crippen LogP contribution in [0.3, 0.4) is 0 Å². The molecule has 8 heteroatoms. The average molecular weight is 426 g/mol. The van der Waals surface area contributed by atoms with Crippen molar-refractivity contribution in [1.29, 1.82) is 0 Å². The fourth-order valence-corrected chi connectivity index (χ4v) is 4.50. The molecule has 0 aliphatic carbocycles. The quantitative estimate of drug-likeness (QED) is 0.678. The third-order valence-electron chi connectivity index (χ3n) is 5.01. The Labute approximate surface area is 175 Å². The number of fused-ring (bicyclic) bond motifs is 1. The third kappa shape index (κ3) is 4.10.